The highest BCUT2D eigenvalue weighted by atomic mass is 32.2. The van der Waals surface area contributed by atoms with Crippen LogP contribution in [-0.4, -0.2) is 12.3 Å². The average molecular weight is 210 g/mol. The molecule has 0 aliphatic rings. The van der Waals surface area contributed by atoms with Crippen molar-refractivity contribution in [1.29, 1.82) is 0 Å². The lowest BCUT2D eigenvalue weighted by Crippen LogP contribution is -2.15. The molecule has 2 nitrogen and oxygen atoms in total. The second-order valence-electron chi connectivity index (χ2n) is 3.19. The molecule has 1 atom stereocenters. The normalized spacial score (nSPS) is 12.8. The number of thioether (sulfide) groups is 1. The molecule has 1 aromatic carbocycles. The highest BCUT2D eigenvalue weighted by molar-refractivity contribution is 7.99. The highest BCUT2D eigenvalue weighted by Gasteiger charge is 2.03. The van der Waals surface area contributed by atoms with Gasteiger partial charge in [-0.05, 0) is 36.4 Å². The van der Waals surface area contributed by atoms with Crippen molar-refractivity contribution in [2.75, 3.05) is 12.3 Å². The molecule has 3 heteroatoms. The maximum absolute atomic E-state index is 5.94. The highest BCUT2D eigenvalue weighted by Crippen LogP contribution is 2.20. The van der Waals surface area contributed by atoms with Crippen LogP contribution in [0.1, 0.15) is 24.9 Å². The average Bonchev–Trinajstić information content (AvgIpc) is 2.20. The van der Waals surface area contributed by atoms with Crippen LogP contribution in [0.25, 0.3) is 0 Å². The summed E-state index contributed by atoms with van der Waals surface area (Å²) in [5, 5.41) is 0. The van der Waals surface area contributed by atoms with Crippen LogP contribution in [0.4, 0.5) is 0 Å². The van der Waals surface area contributed by atoms with Crippen molar-refractivity contribution in [3.8, 4) is 0 Å². The first-order valence-electron chi connectivity index (χ1n) is 4.96. The summed E-state index contributed by atoms with van der Waals surface area (Å²) in [6.45, 7) is 2.80. The summed E-state index contributed by atoms with van der Waals surface area (Å²) >= 11 is 1.84. The zero-order valence-corrected chi connectivity index (χ0v) is 9.39. The van der Waals surface area contributed by atoms with Crippen LogP contribution >= 0.6 is 11.8 Å². The van der Waals surface area contributed by atoms with Gasteiger partial charge in [0.15, 0.2) is 0 Å². The first kappa shape index (κ1) is 11.6. The largest absolute Gasteiger partial charge is 0.330 e. The predicted octanol–water partition coefficient (Wildman–Crippen LogP) is 2.15. The Balaban J connectivity index is 2.62. The third-order valence-electron chi connectivity index (χ3n) is 2.10. The number of hydrogen-bond acceptors (Lipinski definition) is 3. The molecule has 0 spiro atoms. The fourth-order valence-corrected chi connectivity index (χ4v) is 1.99. The van der Waals surface area contributed by atoms with Crippen molar-refractivity contribution < 1.29 is 0 Å². The van der Waals surface area contributed by atoms with Gasteiger partial charge < -0.3 is 11.5 Å². The van der Waals surface area contributed by atoms with E-state index in [2.05, 4.69) is 31.2 Å². The maximum Gasteiger partial charge on any atom is 0.0306 e. The van der Waals surface area contributed by atoms with Gasteiger partial charge in [0.05, 0.1) is 0 Å². The third-order valence-corrected chi connectivity index (χ3v) is 2.99. The van der Waals surface area contributed by atoms with Crippen LogP contribution < -0.4 is 11.5 Å². The molecule has 0 unspecified atom stereocenters. The summed E-state index contributed by atoms with van der Waals surface area (Å²) in [6.07, 6.45) is 0.847. The molecule has 0 saturated heterocycles. The van der Waals surface area contributed by atoms with E-state index in [-0.39, 0.29) is 6.04 Å². The SMILES string of the molecule is CCSc1ccc([C@@H](N)CCN)cc1. The van der Waals surface area contributed by atoms with Gasteiger partial charge in [-0.3, -0.25) is 0 Å². The van der Waals surface area contributed by atoms with Gasteiger partial charge in [-0.2, -0.15) is 0 Å². The van der Waals surface area contributed by atoms with Crippen molar-refractivity contribution in [3.05, 3.63) is 29.8 Å². The Labute approximate surface area is 90.1 Å². The molecular weight excluding hydrogens is 192 g/mol. The lowest BCUT2D eigenvalue weighted by molar-refractivity contribution is 0.661. The first-order chi connectivity index (χ1) is 6.77. The van der Waals surface area contributed by atoms with E-state index in [4.69, 9.17) is 11.5 Å². The van der Waals surface area contributed by atoms with E-state index in [0.717, 1.165) is 12.2 Å². The van der Waals surface area contributed by atoms with E-state index in [9.17, 15) is 0 Å². The Hall–Kier alpha value is -0.510. The Morgan fingerprint density at radius 3 is 2.43 bits per heavy atom. The summed E-state index contributed by atoms with van der Waals surface area (Å²) in [6, 6.07) is 8.52. The number of nitrogens with two attached hydrogens (primary N) is 2. The van der Waals surface area contributed by atoms with Crippen LogP contribution in [0, 0.1) is 0 Å². The van der Waals surface area contributed by atoms with Gasteiger partial charge in [-0.25, -0.2) is 0 Å². The summed E-state index contributed by atoms with van der Waals surface area (Å²) in [7, 11) is 0. The monoisotopic (exact) mass is 210 g/mol. The van der Waals surface area contributed by atoms with Gasteiger partial charge in [0.1, 0.15) is 0 Å². The van der Waals surface area contributed by atoms with Gasteiger partial charge in [0.2, 0.25) is 0 Å². The van der Waals surface area contributed by atoms with E-state index in [1.165, 1.54) is 10.5 Å². The zero-order valence-electron chi connectivity index (χ0n) is 8.57. The van der Waals surface area contributed by atoms with Gasteiger partial charge in [0.25, 0.3) is 0 Å². The standard InChI is InChI=1S/C11H18N2S/c1-2-14-10-5-3-9(4-6-10)11(13)7-8-12/h3-6,11H,2,7-8,12-13H2,1H3/t11-/m0/s1. The molecule has 0 aliphatic carbocycles. The fraction of sp³-hybridized carbons (Fsp3) is 0.455. The summed E-state index contributed by atoms with van der Waals surface area (Å²) in [5.41, 5.74) is 12.6. The molecule has 0 aliphatic heterocycles. The summed E-state index contributed by atoms with van der Waals surface area (Å²) in [5.74, 6) is 1.11. The minimum Gasteiger partial charge on any atom is -0.330 e. The minimum absolute atomic E-state index is 0.0840. The van der Waals surface area contributed by atoms with Crippen LogP contribution in [0.15, 0.2) is 29.2 Å². The van der Waals surface area contributed by atoms with Gasteiger partial charge in [-0.15, -0.1) is 11.8 Å². The van der Waals surface area contributed by atoms with Crippen molar-refractivity contribution in [2.24, 2.45) is 11.5 Å². The summed E-state index contributed by atoms with van der Waals surface area (Å²) < 4.78 is 0. The van der Waals surface area contributed by atoms with Gasteiger partial charge in [0, 0.05) is 10.9 Å². The van der Waals surface area contributed by atoms with Crippen LogP contribution in [0.2, 0.25) is 0 Å². The molecule has 1 rings (SSSR count). The molecule has 0 fully saturated rings. The Bertz CT molecular complexity index is 258. The van der Waals surface area contributed by atoms with E-state index in [1.54, 1.807) is 0 Å². The molecule has 0 amide bonds. The predicted molar refractivity (Wildman–Crippen MR) is 63.4 cm³/mol. The van der Waals surface area contributed by atoms with Crippen molar-refractivity contribution in [3.63, 3.8) is 0 Å². The second kappa shape index (κ2) is 6.06. The topological polar surface area (TPSA) is 52.0 Å². The van der Waals surface area contributed by atoms with Gasteiger partial charge in [-0.1, -0.05) is 19.1 Å². The molecule has 14 heavy (non-hydrogen) atoms. The molecule has 78 valence electrons. The molecule has 4 N–H and O–H groups in total. The fourth-order valence-electron chi connectivity index (χ4n) is 1.32. The van der Waals surface area contributed by atoms with E-state index in [0.29, 0.717) is 6.54 Å². The lowest BCUT2D eigenvalue weighted by atomic mass is 10.1. The molecule has 1 aromatic rings. The Kier molecular flexibility index (Phi) is 5.01. The molecule has 0 heterocycles. The van der Waals surface area contributed by atoms with Crippen LogP contribution in [0.5, 0.6) is 0 Å². The minimum atomic E-state index is 0.0840. The molecule has 0 saturated carbocycles. The second-order valence-corrected chi connectivity index (χ2v) is 4.52. The smallest absolute Gasteiger partial charge is 0.0306 e. The van der Waals surface area contributed by atoms with E-state index in [1.807, 2.05) is 11.8 Å². The number of rotatable bonds is 5. The molecular formula is C11H18N2S. The Morgan fingerprint density at radius 1 is 1.29 bits per heavy atom. The quantitative estimate of drug-likeness (QED) is 0.732. The molecule has 0 aromatic heterocycles. The number of hydrogen-bond donors (Lipinski definition) is 2. The third kappa shape index (κ3) is 3.33. The molecule has 0 radical (unpaired) electrons. The van der Waals surface area contributed by atoms with Crippen molar-refractivity contribution in [2.45, 2.75) is 24.3 Å². The van der Waals surface area contributed by atoms with E-state index >= 15 is 0 Å². The van der Waals surface area contributed by atoms with Gasteiger partial charge >= 0.3 is 0 Å². The lowest BCUT2D eigenvalue weighted by Gasteiger charge is -2.10. The van der Waals surface area contributed by atoms with Crippen LogP contribution in [0.3, 0.4) is 0 Å². The van der Waals surface area contributed by atoms with Crippen LogP contribution in [-0.2, 0) is 0 Å². The van der Waals surface area contributed by atoms with Crippen molar-refractivity contribution in [1.82, 2.24) is 0 Å². The first-order valence-corrected chi connectivity index (χ1v) is 5.95. The Morgan fingerprint density at radius 2 is 1.93 bits per heavy atom. The van der Waals surface area contributed by atoms with E-state index < -0.39 is 0 Å². The zero-order chi connectivity index (χ0) is 10.4. The molecule has 0 bridgehead atoms. The number of benzene rings is 1. The maximum atomic E-state index is 5.94. The summed E-state index contributed by atoms with van der Waals surface area (Å²) in [4.78, 5) is 1.30. The van der Waals surface area contributed by atoms with Crippen molar-refractivity contribution >= 4 is 11.8 Å².